The van der Waals surface area contributed by atoms with Crippen molar-refractivity contribution in [1.82, 2.24) is 0 Å². The molecule has 2 atom stereocenters. The number of hydrogen-bond donors (Lipinski definition) is 1. The molecule has 0 aliphatic heterocycles. The lowest BCUT2D eigenvalue weighted by Gasteiger charge is -2.33. The van der Waals surface area contributed by atoms with Gasteiger partial charge in [0.1, 0.15) is 0 Å². The molecule has 86 valence electrons. The van der Waals surface area contributed by atoms with E-state index in [9.17, 15) is 4.79 Å². The van der Waals surface area contributed by atoms with Gasteiger partial charge in [0.05, 0.1) is 5.92 Å². The van der Waals surface area contributed by atoms with Gasteiger partial charge in [0.25, 0.3) is 0 Å². The summed E-state index contributed by atoms with van der Waals surface area (Å²) in [5.74, 6) is -0.302. The summed E-state index contributed by atoms with van der Waals surface area (Å²) in [6.07, 6.45) is 5.27. The number of hydrogen-bond acceptors (Lipinski definition) is 1. The highest BCUT2D eigenvalue weighted by molar-refractivity contribution is 5.73. The normalized spacial score (nSPS) is 24.5. The molecule has 0 aromatic carbocycles. The highest BCUT2D eigenvalue weighted by Crippen LogP contribution is 2.38. The van der Waals surface area contributed by atoms with E-state index >= 15 is 0 Å². The van der Waals surface area contributed by atoms with Crippen molar-refractivity contribution in [2.75, 3.05) is 0 Å². The summed E-state index contributed by atoms with van der Waals surface area (Å²) in [5.41, 5.74) is 1.46. The predicted octanol–water partition coefficient (Wildman–Crippen LogP) is 3.48. The molecule has 0 spiro atoms. The zero-order chi connectivity index (χ0) is 11.6. The van der Waals surface area contributed by atoms with Gasteiger partial charge >= 0.3 is 5.97 Å². The zero-order valence-electron chi connectivity index (χ0n) is 10.2. The number of rotatable bonds is 2. The molecule has 0 heterocycles. The highest BCUT2D eigenvalue weighted by Gasteiger charge is 2.28. The molecule has 1 rings (SSSR count). The molecule has 0 fully saturated rings. The number of allylic oxidation sites excluding steroid dienone is 1. The molecular weight excluding hydrogens is 188 g/mol. The van der Waals surface area contributed by atoms with E-state index < -0.39 is 5.97 Å². The monoisotopic (exact) mass is 210 g/mol. The fourth-order valence-electron chi connectivity index (χ4n) is 2.19. The van der Waals surface area contributed by atoms with Crippen LogP contribution in [0.3, 0.4) is 0 Å². The van der Waals surface area contributed by atoms with Crippen LogP contribution in [0.1, 0.15) is 47.0 Å². The summed E-state index contributed by atoms with van der Waals surface area (Å²) >= 11 is 0. The second-order valence-corrected chi connectivity index (χ2v) is 5.68. The van der Waals surface area contributed by atoms with E-state index in [0.29, 0.717) is 11.3 Å². The SMILES string of the molecule is CC(C(=O)O)C1=CCC(C(C)(C)C)CC1. The molecule has 0 bridgehead atoms. The van der Waals surface area contributed by atoms with Crippen LogP contribution in [0.2, 0.25) is 0 Å². The average Bonchev–Trinajstić information content (AvgIpc) is 2.15. The van der Waals surface area contributed by atoms with Crippen molar-refractivity contribution >= 4 is 5.97 Å². The summed E-state index contributed by atoms with van der Waals surface area (Å²) in [4.78, 5) is 10.8. The van der Waals surface area contributed by atoms with Crippen molar-refractivity contribution in [2.24, 2.45) is 17.3 Å². The first-order valence-electron chi connectivity index (χ1n) is 5.74. The Morgan fingerprint density at radius 1 is 1.53 bits per heavy atom. The Morgan fingerprint density at radius 3 is 2.47 bits per heavy atom. The van der Waals surface area contributed by atoms with Gasteiger partial charge in [0.15, 0.2) is 0 Å². The maximum atomic E-state index is 10.8. The van der Waals surface area contributed by atoms with E-state index in [1.54, 1.807) is 6.92 Å². The number of carbonyl (C=O) groups is 1. The smallest absolute Gasteiger partial charge is 0.310 e. The minimum absolute atomic E-state index is 0.300. The first-order valence-corrected chi connectivity index (χ1v) is 5.74. The molecule has 0 radical (unpaired) electrons. The van der Waals surface area contributed by atoms with Gasteiger partial charge in [0, 0.05) is 0 Å². The van der Waals surface area contributed by atoms with Gasteiger partial charge < -0.3 is 5.11 Å². The average molecular weight is 210 g/mol. The van der Waals surface area contributed by atoms with Crippen LogP contribution in [0.5, 0.6) is 0 Å². The van der Waals surface area contributed by atoms with Gasteiger partial charge in [-0.25, -0.2) is 0 Å². The molecular formula is C13H22O2. The standard InChI is InChI=1S/C13H22O2/c1-9(12(14)15)10-5-7-11(8-6-10)13(2,3)4/h5,9,11H,6-8H2,1-4H3,(H,14,15). The van der Waals surface area contributed by atoms with E-state index in [0.717, 1.165) is 24.8 Å². The molecule has 2 heteroatoms. The maximum absolute atomic E-state index is 10.8. The van der Waals surface area contributed by atoms with E-state index in [2.05, 4.69) is 26.8 Å². The van der Waals surface area contributed by atoms with Crippen LogP contribution < -0.4 is 0 Å². The van der Waals surface area contributed by atoms with Gasteiger partial charge in [0.2, 0.25) is 0 Å². The van der Waals surface area contributed by atoms with Crippen LogP contribution in [-0.2, 0) is 4.79 Å². The summed E-state index contributed by atoms with van der Waals surface area (Å²) in [5, 5.41) is 8.92. The molecule has 1 aliphatic carbocycles. The van der Waals surface area contributed by atoms with Gasteiger partial charge in [-0.2, -0.15) is 0 Å². The molecule has 0 saturated heterocycles. The molecule has 15 heavy (non-hydrogen) atoms. The predicted molar refractivity (Wildman–Crippen MR) is 61.7 cm³/mol. The Morgan fingerprint density at radius 2 is 2.13 bits per heavy atom. The van der Waals surface area contributed by atoms with Crippen LogP contribution in [-0.4, -0.2) is 11.1 Å². The highest BCUT2D eigenvalue weighted by atomic mass is 16.4. The second-order valence-electron chi connectivity index (χ2n) is 5.68. The minimum atomic E-state index is -0.699. The maximum Gasteiger partial charge on any atom is 0.310 e. The van der Waals surface area contributed by atoms with Crippen LogP contribution >= 0.6 is 0 Å². The third-order valence-corrected chi connectivity index (χ3v) is 3.60. The quantitative estimate of drug-likeness (QED) is 0.708. The van der Waals surface area contributed by atoms with Crippen molar-refractivity contribution in [3.63, 3.8) is 0 Å². The Kier molecular flexibility index (Phi) is 3.58. The molecule has 0 aromatic heterocycles. The van der Waals surface area contributed by atoms with Gasteiger partial charge in [-0.05, 0) is 37.5 Å². The third-order valence-electron chi connectivity index (χ3n) is 3.60. The molecule has 2 unspecified atom stereocenters. The van der Waals surface area contributed by atoms with E-state index in [-0.39, 0.29) is 5.92 Å². The Balaban J connectivity index is 2.63. The first kappa shape index (κ1) is 12.3. The lowest BCUT2D eigenvalue weighted by atomic mass is 9.72. The van der Waals surface area contributed by atoms with Gasteiger partial charge in [-0.3, -0.25) is 4.79 Å². The topological polar surface area (TPSA) is 37.3 Å². The van der Waals surface area contributed by atoms with Crippen molar-refractivity contribution in [2.45, 2.75) is 47.0 Å². The third kappa shape index (κ3) is 3.08. The van der Waals surface area contributed by atoms with E-state index in [1.807, 2.05) is 0 Å². The summed E-state index contributed by atoms with van der Waals surface area (Å²) < 4.78 is 0. The lowest BCUT2D eigenvalue weighted by Crippen LogP contribution is -2.24. The molecule has 1 aliphatic rings. The fraction of sp³-hybridized carbons (Fsp3) is 0.769. The molecule has 2 nitrogen and oxygen atoms in total. The lowest BCUT2D eigenvalue weighted by molar-refractivity contribution is -0.139. The fourth-order valence-corrected chi connectivity index (χ4v) is 2.19. The summed E-state index contributed by atoms with van der Waals surface area (Å²) in [7, 11) is 0. The largest absolute Gasteiger partial charge is 0.481 e. The second kappa shape index (κ2) is 4.38. The molecule has 0 amide bonds. The van der Waals surface area contributed by atoms with Crippen molar-refractivity contribution in [3.8, 4) is 0 Å². The van der Waals surface area contributed by atoms with Gasteiger partial charge in [-0.15, -0.1) is 0 Å². The van der Waals surface area contributed by atoms with Crippen molar-refractivity contribution < 1.29 is 9.90 Å². The van der Waals surface area contributed by atoms with E-state index in [1.165, 1.54) is 0 Å². The van der Waals surface area contributed by atoms with E-state index in [4.69, 9.17) is 5.11 Å². The Labute approximate surface area is 92.4 Å². The van der Waals surface area contributed by atoms with Crippen LogP contribution in [0, 0.1) is 17.3 Å². The minimum Gasteiger partial charge on any atom is -0.481 e. The number of aliphatic carboxylic acids is 1. The molecule has 0 aromatic rings. The zero-order valence-corrected chi connectivity index (χ0v) is 10.2. The summed E-state index contributed by atoms with van der Waals surface area (Å²) in [6, 6.07) is 0. The van der Waals surface area contributed by atoms with Gasteiger partial charge in [-0.1, -0.05) is 32.4 Å². The van der Waals surface area contributed by atoms with Crippen LogP contribution in [0.4, 0.5) is 0 Å². The van der Waals surface area contributed by atoms with Crippen LogP contribution in [0.15, 0.2) is 11.6 Å². The summed E-state index contributed by atoms with van der Waals surface area (Å²) in [6.45, 7) is 8.57. The Bertz CT molecular complexity index is 271. The number of carboxylic acid groups (broad SMARTS) is 1. The van der Waals surface area contributed by atoms with Crippen molar-refractivity contribution in [1.29, 1.82) is 0 Å². The Hall–Kier alpha value is -0.790. The van der Waals surface area contributed by atoms with Crippen molar-refractivity contribution in [3.05, 3.63) is 11.6 Å². The first-order chi connectivity index (χ1) is 6.82. The molecule has 1 N–H and O–H groups in total. The van der Waals surface area contributed by atoms with Crippen LogP contribution in [0.25, 0.3) is 0 Å². The number of carboxylic acids is 1. The molecule has 0 saturated carbocycles.